The van der Waals surface area contributed by atoms with Crippen LogP contribution in [0.5, 0.6) is 0 Å². The van der Waals surface area contributed by atoms with Crippen LogP contribution < -0.4 is 10.2 Å². The molecule has 0 aromatic heterocycles. The van der Waals surface area contributed by atoms with Crippen molar-refractivity contribution < 1.29 is 38.1 Å². The number of para-hydroxylation sites is 1. The third-order valence-electron chi connectivity index (χ3n) is 13.4. The van der Waals surface area contributed by atoms with Gasteiger partial charge in [-0.25, -0.2) is 0 Å². The van der Waals surface area contributed by atoms with Gasteiger partial charge >= 0.3 is 0 Å². The van der Waals surface area contributed by atoms with Crippen LogP contribution in [0.3, 0.4) is 0 Å². The van der Waals surface area contributed by atoms with E-state index in [-0.39, 0.29) is 28.3 Å². The molecular formula is C43H55N2O4PPdS-. The minimum atomic E-state index is -3.67. The molecule has 283 valence electrons. The van der Waals surface area contributed by atoms with E-state index in [1.807, 2.05) is 47.8 Å². The Kier molecular flexibility index (Phi) is 11.7. The topological polar surface area (TPSA) is 90.6 Å². The summed E-state index contributed by atoms with van der Waals surface area (Å²) in [4.78, 5) is 2.72. The second kappa shape index (κ2) is 15.8. The summed E-state index contributed by atoms with van der Waals surface area (Å²) in [5.41, 5.74) is 11.8. The molecule has 8 bridgehead atoms. The molecule has 52 heavy (non-hydrogen) atoms. The second-order valence-corrected chi connectivity index (χ2v) is 21.8. The Balaban J connectivity index is 0.000000185. The zero-order valence-corrected chi connectivity index (χ0v) is 33.8. The summed E-state index contributed by atoms with van der Waals surface area (Å²) >= 11 is 0. The summed E-state index contributed by atoms with van der Waals surface area (Å²) in [6.45, 7) is 3.98. The van der Waals surface area contributed by atoms with E-state index in [0.29, 0.717) is 22.3 Å². The molecule has 9 heteroatoms. The molecule has 8 aliphatic carbocycles. The molecular weight excluding hydrogens is 778 g/mol. The maximum absolute atomic E-state index is 9.19. The van der Waals surface area contributed by atoms with E-state index in [4.69, 9.17) is 15.0 Å². The third-order valence-corrected chi connectivity index (χ3v) is 17.2. The summed E-state index contributed by atoms with van der Waals surface area (Å²) in [7, 11) is -3.80. The minimum Gasteiger partial charge on any atom is -0.698 e. The molecule has 1 aliphatic heterocycles. The SMILES string of the molecule is CS(=O)(=O)O.[NH-]c1ccccc1-c1[c]cccc1.[Pd].c1ccc(P(C23CC4CC(CC(C4)C2)C3)C23CC4CC(CC(C4)C2)C3)c(N2CCOCC2)c1. The monoisotopic (exact) mass is 832 g/mol. The van der Waals surface area contributed by atoms with Crippen LogP contribution in [0.15, 0.2) is 72.8 Å². The molecule has 2 N–H and O–H groups in total. The molecule has 12 rings (SSSR count). The van der Waals surface area contributed by atoms with Gasteiger partial charge in [0.05, 0.1) is 19.5 Å². The molecule has 1 saturated heterocycles. The van der Waals surface area contributed by atoms with Gasteiger partial charge in [0.2, 0.25) is 0 Å². The van der Waals surface area contributed by atoms with Crippen molar-refractivity contribution in [1.82, 2.24) is 0 Å². The van der Waals surface area contributed by atoms with Crippen LogP contribution >= 0.6 is 7.92 Å². The second-order valence-electron chi connectivity index (χ2n) is 17.3. The van der Waals surface area contributed by atoms with Gasteiger partial charge in [0, 0.05) is 44.5 Å². The number of hydrogen-bond donors (Lipinski definition) is 1. The van der Waals surface area contributed by atoms with Gasteiger partial charge in [-0.05, 0) is 146 Å². The first-order valence-corrected chi connectivity index (χ1v) is 22.7. The number of morpholine rings is 1. The Morgan fingerprint density at radius 2 is 1.17 bits per heavy atom. The summed E-state index contributed by atoms with van der Waals surface area (Å²) in [5, 5.41) is 3.18. The Bertz CT molecular complexity index is 1660. The normalized spacial score (nSPS) is 34.3. The van der Waals surface area contributed by atoms with E-state index in [9.17, 15) is 8.42 Å². The summed E-state index contributed by atoms with van der Waals surface area (Å²) in [6, 6.07) is 28.3. The number of benzene rings is 3. The molecule has 9 fully saturated rings. The maximum atomic E-state index is 9.19. The van der Waals surface area contributed by atoms with Gasteiger partial charge in [-0.3, -0.25) is 4.55 Å². The van der Waals surface area contributed by atoms with Crippen LogP contribution in [0.4, 0.5) is 11.4 Å². The standard InChI is InChI=1S/C30H42NOP.C12H9N.CH4O3S.Pd/c1-2-4-28(27(3-1)31-5-7-32-8-6-31)33(29-15-21-9-22(16-29)11-23(10-21)17-29)30-18-24-12-25(19-30)14-26(13-24)20-30;13-12-9-5-4-8-11(12)10-6-2-1-3-7-10;1-5(2,3)4;/h1-4,21-26H,5-20H2;1-6,8-9,13H;1H3,(H,2,3,4);/q;-1;;. The predicted molar refractivity (Wildman–Crippen MR) is 210 cm³/mol. The van der Waals surface area contributed by atoms with Gasteiger partial charge in [-0.2, -0.15) is 8.42 Å². The van der Waals surface area contributed by atoms with E-state index >= 15 is 0 Å². The van der Waals surface area contributed by atoms with E-state index in [2.05, 4.69) is 35.2 Å². The smallest absolute Gasteiger partial charge is 0.261 e. The molecule has 6 nitrogen and oxygen atoms in total. The number of nitrogens with zero attached hydrogens (tertiary/aromatic N) is 1. The molecule has 0 atom stereocenters. The van der Waals surface area contributed by atoms with E-state index in [1.165, 1.54) is 0 Å². The van der Waals surface area contributed by atoms with Crippen molar-refractivity contribution in [2.75, 3.05) is 37.5 Å². The average Bonchev–Trinajstić information content (AvgIpc) is 3.08. The first-order valence-electron chi connectivity index (χ1n) is 19.5. The largest absolute Gasteiger partial charge is 0.698 e. The Morgan fingerprint density at radius 3 is 1.63 bits per heavy atom. The molecule has 1 radical (unpaired) electrons. The number of hydrogen-bond acceptors (Lipinski definition) is 4. The maximum Gasteiger partial charge on any atom is 0.261 e. The molecule has 0 amide bonds. The van der Waals surface area contributed by atoms with Crippen molar-refractivity contribution in [1.29, 1.82) is 0 Å². The number of anilines is 1. The molecule has 3 aromatic carbocycles. The fraction of sp³-hybridized carbons (Fsp3) is 0.581. The van der Waals surface area contributed by atoms with Crippen LogP contribution in [0, 0.1) is 41.6 Å². The van der Waals surface area contributed by atoms with Crippen LogP contribution in [0.2, 0.25) is 0 Å². The molecule has 3 aromatic rings. The molecule has 9 aliphatic rings. The first-order chi connectivity index (χ1) is 24.6. The van der Waals surface area contributed by atoms with Crippen LogP contribution in [-0.2, 0) is 35.3 Å². The number of rotatable bonds is 5. The predicted octanol–water partition coefficient (Wildman–Crippen LogP) is 9.91. The van der Waals surface area contributed by atoms with Gasteiger partial charge in [-0.15, -0.1) is 5.69 Å². The summed E-state index contributed by atoms with van der Waals surface area (Å²) in [5.74, 6) is 6.37. The van der Waals surface area contributed by atoms with Crippen molar-refractivity contribution in [3.63, 3.8) is 0 Å². The Labute approximate surface area is 327 Å². The van der Waals surface area contributed by atoms with Crippen molar-refractivity contribution in [3.05, 3.63) is 84.6 Å². The Hall–Kier alpha value is -1.78. The zero-order chi connectivity index (χ0) is 35.2. The van der Waals surface area contributed by atoms with Crippen LogP contribution in [0.25, 0.3) is 16.9 Å². The van der Waals surface area contributed by atoms with E-state index in [1.54, 1.807) is 88.8 Å². The molecule has 1 heterocycles. The fourth-order valence-electron chi connectivity index (χ4n) is 12.7. The van der Waals surface area contributed by atoms with Crippen molar-refractivity contribution in [3.8, 4) is 11.1 Å². The third kappa shape index (κ3) is 8.24. The van der Waals surface area contributed by atoms with E-state index in [0.717, 1.165) is 72.9 Å². The van der Waals surface area contributed by atoms with Crippen LogP contribution in [0.1, 0.15) is 77.0 Å². The summed E-state index contributed by atoms with van der Waals surface area (Å²) in [6.07, 6.45) is 19.7. The number of nitrogens with one attached hydrogen (secondary N) is 1. The van der Waals surface area contributed by atoms with Gasteiger partial charge in [0.15, 0.2) is 0 Å². The zero-order valence-electron chi connectivity index (χ0n) is 30.5. The van der Waals surface area contributed by atoms with Gasteiger partial charge < -0.3 is 15.4 Å². The van der Waals surface area contributed by atoms with Crippen LogP contribution in [-0.4, -0.2) is 55.8 Å². The van der Waals surface area contributed by atoms with E-state index < -0.39 is 10.1 Å². The quantitative estimate of drug-likeness (QED) is 0.157. The van der Waals surface area contributed by atoms with Crippen molar-refractivity contribution >= 4 is 34.7 Å². The molecule has 0 spiro atoms. The molecule has 0 unspecified atom stereocenters. The van der Waals surface area contributed by atoms with Crippen molar-refractivity contribution in [2.45, 2.75) is 87.4 Å². The molecule has 8 saturated carbocycles. The van der Waals surface area contributed by atoms with Gasteiger partial charge in [0.25, 0.3) is 10.1 Å². The first kappa shape index (κ1) is 38.5. The fourth-order valence-corrected chi connectivity index (χ4v) is 18.0. The van der Waals surface area contributed by atoms with Gasteiger partial charge in [-0.1, -0.05) is 74.7 Å². The average molecular weight is 833 g/mol. The summed E-state index contributed by atoms with van der Waals surface area (Å²) < 4.78 is 31.7. The minimum absolute atomic E-state index is 0. The number of ether oxygens (including phenoxy) is 1. The van der Waals surface area contributed by atoms with Crippen molar-refractivity contribution in [2.24, 2.45) is 35.5 Å². The Morgan fingerprint density at radius 1 is 0.731 bits per heavy atom. The van der Waals surface area contributed by atoms with Gasteiger partial charge in [0.1, 0.15) is 0 Å².